The highest BCUT2D eigenvalue weighted by Crippen LogP contribution is 2.43. The van der Waals surface area contributed by atoms with E-state index in [-0.39, 0.29) is 26.1 Å². The number of allylic oxidation sites excluding steroid dienone is 10. The predicted octanol–water partition coefficient (Wildman–Crippen LogP) is 9.36. The summed E-state index contributed by atoms with van der Waals surface area (Å²) in [7, 11) is -4.73. The molecule has 0 spiro atoms. The van der Waals surface area contributed by atoms with Gasteiger partial charge in [0.05, 0.1) is 13.2 Å². The molecule has 0 amide bonds. The van der Waals surface area contributed by atoms with Crippen molar-refractivity contribution in [2.75, 3.05) is 26.4 Å². The molecule has 0 aliphatic carbocycles. The van der Waals surface area contributed by atoms with Gasteiger partial charge < -0.3 is 30.3 Å². The number of hydrogen-bond acceptors (Lipinski definition) is 10. The molecule has 0 aromatic carbocycles. The molecule has 5 N–H and O–H groups in total. The lowest BCUT2D eigenvalue weighted by molar-refractivity contribution is -0.161. The van der Waals surface area contributed by atoms with Crippen molar-refractivity contribution in [3.63, 3.8) is 0 Å². The van der Waals surface area contributed by atoms with E-state index in [2.05, 4.69) is 60.1 Å². The first-order chi connectivity index (χ1) is 26.6. The highest BCUT2D eigenvalue weighted by molar-refractivity contribution is 7.47. The van der Waals surface area contributed by atoms with Crippen LogP contribution in [0.3, 0.4) is 0 Å². The molecule has 0 saturated carbocycles. The molecule has 0 aromatic heterocycles. The minimum absolute atomic E-state index is 0.131. The Morgan fingerprint density at radius 1 is 0.600 bits per heavy atom. The van der Waals surface area contributed by atoms with Gasteiger partial charge in [0.1, 0.15) is 12.6 Å². The number of carboxylic acid groups (broad SMARTS) is 1. The fourth-order valence-corrected chi connectivity index (χ4v) is 5.81. The summed E-state index contributed by atoms with van der Waals surface area (Å²) < 4.78 is 32.5. The Balaban J connectivity index is 4.50. The minimum atomic E-state index is -4.73. The van der Waals surface area contributed by atoms with Crippen molar-refractivity contribution in [2.24, 2.45) is 5.73 Å². The van der Waals surface area contributed by atoms with Gasteiger partial charge in [-0.3, -0.25) is 23.4 Å². The Labute approximate surface area is 330 Å². The summed E-state index contributed by atoms with van der Waals surface area (Å²) in [5, 5.41) is 17.6. The summed E-state index contributed by atoms with van der Waals surface area (Å²) in [5.41, 5.74) is 5.32. The van der Waals surface area contributed by atoms with Crippen LogP contribution in [-0.4, -0.2) is 71.6 Å². The Kier molecular flexibility index (Phi) is 36.1. The first kappa shape index (κ1) is 52.1. The Morgan fingerprint density at radius 2 is 1.05 bits per heavy atom. The number of carbonyl (C=O) groups is 3. The van der Waals surface area contributed by atoms with E-state index in [0.717, 1.165) is 83.5 Å². The van der Waals surface area contributed by atoms with Crippen LogP contribution in [-0.2, 0) is 37.5 Å². The molecule has 0 heterocycles. The van der Waals surface area contributed by atoms with Gasteiger partial charge in [-0.1, -0.05) is 113 Å². The summed E-state index contributed by atoms with van der Waals surface area (Å²) in [6, 6.07) is -1.54. The zero-order valence-corrected chi connectivity index (χ0v) is 34.3. The van der Waals surface area contributed by atoms with Gasteiger partial charge in [0.25, 0.3) is 0 Å². The Morgan fingerprint density at radius 3 is 1.62 bits per heavy atom. The average molecular weight is 798 g/mol. The fraction of sp³-hybridized carbons (Fsp3) is 0.690. The molecule has 0 aromatic rings. The third-order valence-electron chi connectivity index (χ3n) is 8.29. The second-order valence-corrected chi connectivity index (χ2v) is 14.9. The van der Waals surface area contributed by atoms with E-state index in [4.69, 9.17) is 29.9 Å². The second-order valence-electron chi connectivity index (χ2n) is 13.5. The number of unbranched alkanes of at least 4 members (excludes halogenated alkanes) is 13. The fourth-order valence-electron chi connectivity index (χ4n) is 5.03. The minimum Gasteiger partial charge on any atom is -0.480 e. The van der Waals surface area contributed by atoms with E-state index in [1.807, 2.05) is 12.2 Å². The van der Waals surface area contributed by atoms with Crippen LogP contribution in [0.2, 0.25) is 0 Å². The smallest absolute Gasteiger partial charge is 0.472 e. The summed E-state index contributed by atoms with van der Waals surface area (Å²) in [6.07, 6.45) is 40.2. The third-order valence-corrected chi connectivity index (χ3v) is 9.24. The lowest BCUT2D eigenvalue weighted by Crippen LogP contribution is -2.34. The molecule has 0 aliphatic rings. The Hall–Kier alpha value is -2.86. The largest absolute Gasteiger partial charge is 0.480 e. The van der Waals surface area contributed by atoms with E-state index >= 15 is 0 Å². The number of carbonyl (C=O) groups excluding carboxylic acids is 2. The molecule has 0 fully saturated rings. The first-order valence-corrected chi connectivity index (χ1v) is 21.9. The van der Waals surface area contributed by atoms with E-state index in [1.165, 1.54) is 25.7 Å². The van der Waals surface area contributed by atoms with E-state index in [0.29, 0.717) is 19.3 Å². The topological polar surface area (TPSA) is 192 Å². The van der Waals surface area contributed by atoms with Gasteiger partial charge in [0, 0.05) is 19.4 Å². The Bertz CT molecular complexity index is 1170. The zero-order valence-electron chi connectivity index (χ0n) is 33.4. The highest BCUT2D eigenvalue weighted by Gasteiger charge is 2.28. The maximum Gasteiger partial charge on any atom is 0.472 e. The molecule has 0 aliphatic heterocycles. The average Bonchev–Trinajstić information content (AvgIpc) is 3.16. The number of phosphoric ester groups is 1. The lowest BCUT2D eigenvalue weighted by atomic mass is 10.1. The standard InChI is InChI=1S/C42H72NO11P/c1-2-3-4-5-6-7-8-14-18-21-24-27-30-33-41(46)54-38(36-52-55(49,50)53-37-39(43)42(47)48)35-51-40(45)32-29-26-23-20-17-15-12-10-9-11-13-16-19-22-25-28-31-34-44/h7-9,11-12,15-16,19-20,23,38-39,44H,2-6,10,13-14,17-18,21-22,24-37,43H2,1H3,(H,47,48)(H,49,50)/b8-7-,11-9-,15-12-,19-16-,23-20-/t38-,39+/m1/s1. The summed E-state index contributed by atoms with van der Waals surface area (Å²) in [5.74, 6) is -2.49. The van der Waals surface area contributed by atoms with Crippen LogP contribution in [0, 0.1) is 0 Å². The molecule has 0 saturated heterocycles. The van der Waals surface area contributed by atoms with Crippen LogP contribution < -0.4 is 5.73 Å². The molecular weight excluding hydrogens is 725 g/mol. The molecule has 13 heteroatoms. The molecule has 0 rings (SSSR count). The number of ether oxygens (including phenoxy) is 2. The van der Waals surface area contributed by atoms with Crippen LogP contribution in [0.4, 0.5) is 0 Å². The van der Waals surface area contributed by atoms with Crippen molar-refractivity contribution in [1.82, 2.24) is 0 Å². The normalized spacial score (nSPS) is 14.4. The molecule has 55 heavy (non-hydrogen) atoms. The maximum atomic E-state index is 12.6. The van der Waals surface area contributed by atoms with Crippen LogP contribution in [0.15, 0.2) is 60.8 Å². The molecular formula is C42H72NO11P. The van der Waals surface area contributed by atoms with Gasteiger partial charge in [-0.25, -0.2) is 4.57 Å². The van der Waals surface area contributed by atoms with Crippen molar-refractivity contribution in [2.45, 2.75) is 160 Å². The molecule has 12 nitrogen and oxygen atoms in total. The summed E-state index contributed by atoms with van der Waals surface area (Å²) >= 11 is 0. The van der Waals surface area contributed by atoms with Gasteiger partial charge in [0.15, 0.2) is 6.10 Å². The van der Waals surface area contributed by atoms with Crippen molar-refractivity contribution in [1.29, 1.82) is 0 Å². The summed E-state index contributed by atoms with van der Waals surface area (Å²) in [6.45, 7) is 0.705. The monoisotopic (exact) mass is 797 g/mol. The lowest BCUT2D eigenvalue weighted by Gasteiger charge is -2.20. The van der Waals surface area contributed by atoms with Gasteiger partial charge in [-0.15, -0.1) is 0 Å². The number of hydrogen-bond donors (Lipinski definition) is 4. The number of rotatable bonds is 38. The molecule has 1 unspecified atom stereocenters. The van der Waals surface area contributed by atoms with Crippen LogP contribution in [0.1, 0.15) is 148 Å². The van der Waals surface area contributed by atoms with Crippen LogP contribution >= 0.6 is 7.82 Å². The van der Waals surface area contributed by atoms with E-state index in [1.54, 1.807) is 0 Å². The van der Waals surface area contributed by atoms with Crippen molar-refractivity contribution < 1.29 is 52.6 Å². The highest BCUT2D eigenvalue weighted by atomic mass is 31.2. The predicted molar refractivity (Wildman–Crippen MR) is 218 cm³/mol. The first-order valence-electron chi connectivity index (χ1n) is 20.4. The third kappa shape index (κ3) is 37.8. The molecule has 316 valence electrons. The number of carboxylic acids is 1. The number of aliphatic carboxylic acids is 1. The van der Waals surface area contributed by atoms with Gasteiger partial charge in [-0.2, -0.15) is 0 Å². The molecule has 0 radical (unpaired) electrons. The zero-order chi connectivity index (χ0) is 40.7. The van der Waals surface area contributed by atoms with Crippen LogP contribution in [0.25, 0.3) is 0 Å². The maximum absolute atomic E-state index is 12.6. The SMILES string of the molecule is CCCCCC/C=C\CCCCCCCC(=O)O[C@H](COC(=O)CCC/C=C\C/C=C\C/C=C\C/C=C\CCCCCO)COP(=O)(O)OC[C@H](N)C(=O)O. The van der Waals surface area contributed by atoms with E-state index < -0.39 is 51.1 Å². The molecule has 0 bridgehead atoms. The number of esters is 2. The summed E-state index contributed by atoms with van der Waals surface area (Å²) in [4.78, 5) is 45.8. The second kappa shape index (κ2) is 38.0. The van der Waals surface area contributed by atoms with Gasteiger partial charge >= 0.3 is 25.7 Å². The number of aliphatic hydroxyl groups is 1. The number of phosphoric acid groups is 1. The van der Waals surface area contributed by atoms with Crippen molar-refractivity contribution >= 4 is 25.7 Å². The number of nitrogens with two attached hydrogens (primary N) is 1. The quantitative estimate of drug-likeness (QED) is 0.0201. The van der Waals surface area contributed by atoms with E-state index in [9.17, 15) is 23.8 Å². The number of aliphatic hydroxyl groups excluding tert-OH is 1. The molecule has 3 atom stereocenters. The van der Waals surface area contributed by atoms with Crippen LogP contribution in [0.5, 0.6) is 0 Å². The van der Waals surface area contributed by atoms with Gasteiger partial charge in [-0.05, 0) is 83.5 Å². The van der Waals surface area contributed by atoms with Crippen molar-refractivity contribution in [3.8, 4) is 0 Å². The van der Waals surface area contributed by atoms with Gasteiger partial charge in [0.2, 0.25) is 0 Å². The van der Waals surface area contributed by atoms with Crippen molar-refractivity contribution in [3.05, 3.63) is 60.8 Å².